The quantitative estimate of drug-likeness (QED) is 0.637. The Balaban J connectivity index is 2.04. The Labute approximate surface area is 129 Å². The number of phenolic OH excluding ortho intramolecular Hbond substituents is 1. The van der Waals surface area contributed by atoms with E-state index >= 15 is 0 Å². The van der Waals surface area contributed by atoms with E-state index in [1.54, 1.807) is 12.1 Å². The second-order valence-electron chi connectivity index (χ2n) is 4.95. The van der Waals surface area contributed by atoms with E-state index in [1.807, 2.05) is 6.07 Å². The fourth-order valence-electron chi connectivity index (χ4n) is 2.22. The number of hydrogen-bond acceptors (Lipinski definition) is 5. The van der Waals surface area contributed by atoms with E-state index in [0.717, 1.165) is 12.8 Å². The third-order valence-electron chi connectivity index (χ3n) is 3.39. The third-order valence-corrected chi connectivity index (χ3v) is 3.39. The number of aromatic hydroxyl groups is 1. The molecule has 0 aromatic heterocycles. The van der Waals surface area contributed by atoms with Gasteiger partial charge in [-0.1, -0.05) is 6.07 Å². The minimum absolute atomic E-state index is 0.0222. The number of benzene rings is 1. The molecule has 0 bridgehead atoms. The van der Waals surface area contributed by atoms with Crippen LogP contribution in [0.5, 0.6) is 11.5 Å². The topological polar surface area (TPSA) is 91.6 Å². The van der Waals surface area contributed by atoms with Gasteiger partial charge in [-0.3, -0.25) is 4.79 Å². The zero-order valence-electron chi connectivity index (χ0n) is 12.3. The van der Waals surface area contributed by atoms with Crippen LogP contribution < -0.4 is 10.1 Å². The Hall–Kier alpha value is -2.52. The molecular formula is C16H18N2O4. The SMILES string of the molecule is COc1ccc(C=C(C#N)C(=O)NCC2CCCO2)cc1O. The first-order valence-corrected chi connectivity index (χ1v) is 7.02. The summed E-state index contributed by atoms with van der Waals surface area (Å²) in [6.07, 6.45) is 3.35. The minimum Gasteiger partial charge on any atom is -0.504 e. The molecule has 1 aromatic rings. The van der Waals surface area contributed by atoms with Crippen LogP contribution in [0, 0.1) is 11.3 Å². The molecule has 0 radical (unpaired) electrons. The average molecular weight is 302 g/mol. The molecule has 1 aliphatic heterocycles. The number of nitrogens with one attached hydrogen (secondary N) is 1. The van der Waals surface area contributed by atoms with Crippen LogP contribution in [0.1, 0.15) is 18.4 Å². The number of carbonyl (C=O) groups excluding carboxylic acids is 1. The van der Waals surface area contributed by atoms with Crippen LogP contribution in [0.3, 0.4) is 0 Å². The Kier molecular flexibility index (Phi) is 5.39. The minimum atomic E-state index is -0.451. The van der Waals surface area contributed by atoms with Gasteiger partial charge in [0, 0.05) is 13.2 Å². The number of hydrogen-bond donors (Lipinski definition) is 2. The highest BCUT2D eigenvalue weighted by Crippen LogP contribution is 2.27. The first-order valence-electron chi connectivity index (χ1n) is 7.02. The van der Waals surface area contributed by atoms with E-state index in [9.17, 15) is 9.90 Å². The Morgan fingerprint density at radius 3 is 3.05 bits per heavy atom. The van der Waals surface area contributed by atoms with Gasteiger partial charge in [-0.2, -0.15) is 5.26 Å². The highest BCUT2D eigenvalue weighted by Gasteiger charge is 2.17. The zero-order chi connectivity index (χ0) is 15.9. The van der Waals surface area contributed by atoms with Crippen molar-refractivity contribution in [1.29, 1.82) is 5.26 Å². The smallest absolute Gasteiger partial charge is 0.262 e. The van der Waals surface area contributed by atoms with E-state index in [4.69, 9.17) is 14.7 Å². The maximum Gasteiger partial charge on any atom is 0.262 e. The van der Waals surface area contributed by atoms with Crippen LogP contribution in [0.25, 0.3) is 6.08 Å². The monoisotopic (exact) mass is 302 g/mol. The van der Waals surface area contributed by atoms with Crippen molar-refractivity contribution in [2.45, 2.75) is 18.9 Å². The van der Waals surface area contributed by atoms with E-state index in [-0.39, 0.29) is 17.4 Å². The molecule has 1 saturated heterocycles. The Bertz CT molecular complexity index is 613. The number of ether oxygens (including phenoxy) is 2. The van der Waals surface area contributed by atoms with Gasteiger partial charge in [0.2, 0.25) is 0 Å². The Morgan fingerprint density at radius 2 is 2.45 bits per heavy atom. The molecule has 1 unspecified atom stereocenters. The van der Waals surface area contributed by atoms with Crippen LogP contribution in [0.15, 0.2) is 23.8 Å². The van der Waals surface area contributed by atoms with Gasteiger partial charge >= 0.3 is 0 Å². The maximum absolute atomic E-state index is 12.0. The van der Waals surface area contributed by atoms with Gasteiger partial charge < -0.3 is 19.9 Å². The van der Waals surface area contributed by atoms with Crippen molar-refractivity contribution in [2.75, 3.05) is 20.3 Å². The first kappa shape index (κ1) is 15.9. The molecule has 6 nitrogen and oxygen atoms in total. The number of nitriles is 1. The van der Waals surface area contributed by atoms with Crippen LogP contribution in [0.2, 0.25) is 0 Å². The second kappa shape index (κ2) is 7.48. The van der Waals surface area contributed by atoms with Crippen molar-refractivity contribution in [3.63, 3.8) is 0 Å². The summed E-state index contributed by atoms with van der Waals surface area (Å²) >= 11 is 0. The van der Waals surface area contributed by atoms with Gasteiger partial charge in [0.05, 0.1) is 13.2 Å². The number of amides is 1. The molecule has 0 saturated carbocycles. The van der Waals surface area contributed by atoms with Gasteiger partial charge in [0.25, 0.3) is 5.91 Å². The molecule has 1 fully saturated rings. The molecule has 2 rings (SSSR count). The first-order chi connectivity index (χ1) is 10.6. The molecule has 1 amide bonds. The third kappa shape index (κ3) is 3.99. The molecule has 0 aliphatic carbocycles. The second-order valence-corrected chi connectivity index (χ2v) is 4.95. The molecule has 2 N–H and O–H groups in total. The number of methoxy groups -OCH3 is 1. The summed E-state index contributed by atoms with van der Waals surface area (Å²) in [5.74, 6) is -0.167. The molecule has 0 spiro atoms. The molecule has 6 heteroatoms. The van der Waals surface area contributed by atoms with E-state index in [2.05, 4.69) is 5.32 Å². The molecule has 1 aliphatic rings. The van der Waals surface area contributed by atoms with Gasteiger partial charge in [-0.25, -0.2) is 0 Å². The summed E-state index contributed by atoms with van der Waals surface area (Å²) in [5, 5.41) is 21.5. The predicted octanol–water partition coefficient (Wildman–Crippen LogP) is 1.60. The van der Waals surface area contributed by atoms with Crippen LogP contribution in [-0.2, 0) is 9.53 Å². The number of rotatable bonds is 5. The largest absolute Gasteiger partial charge is 0.504 e. The summed E-state index contributed by atoms with van der Waals surface area (Å²) in [7, 11) is 1.45. The van der Waals surface area contributed by atoms with E-state index < -0.39 is 5.91 Å². The molecular weight excluding hydrogens is 284 g/mol. The fraction of sp³-hybridized carbons (Fsp3) is 0.375. The summed E-state index contributed by atoms with van der Waals surface area (Å²) in [4.78, 5) is 12.0. The van der Waals surface area contributed by atoms with Gasteiger partial charge in [0.15, 0.2) is 11.5 Å². The highest BCUT2D eigenvalue weighted by molar-refractivity contribution is 6.01. The van der Waals surface area contributed by atoms with Crippen LogP contribution in [0.4, 0.5) is 0 Å². The van der Waals surface area contributed by atoms with Crippen molar-refractivity contribution >= 4 is 12.0 Å². The average Bonchev–Trinajstić information content (AvgIpc) is 3.04. The Morgan fingerprint density at radius 1 is 1.64 bits per heavy atom. The molecule has 1 aromatic carbocycles. The van der Waals surface area contributed by atoms with Gasteiger partial charge in [-0.05, 0) is 36.6 Å². The summed E-state index contributed by atoms with van der Waals surface area (Å²) in [6.45, 7) is 1.11. The van der Waals surface area contributed by atoms with Crippen molar-refractivity contribution < 1.29 is 19.4 Å². The highest BCUT2D eigenvalue weighted by atomic mass is 16.5. The number of nitrogens with zero attached hydrogens (tertiary/aromatic N) is 1. The molecule has 116 valence electrons. The summed E-state index contributed by atoms with van der Waals surface area (Å²) in [5.41, 5.74) is 0.518. The lowest BCUT2D eigenvalue weighted by molar-refractivity contribution is -0.117. The van der Waals surface area contributed by atoms with Crippen LogP contribution >= 0.6 is 0 Å². The summed E-state index contributed by atoms with van der Waals surface area (Å²) < 4.78 is 10.4. The molecule has 1 atom stereocenters. The maximum atomic E-state index is 12.0. The predicted molar refractivity (Wildman–Crippen MR) is 80.2 cm³/mol. The summed E-state index contributed by atoms with van der Waals surface area (Å²) in [6, 6.07) is 6.53. The molecule has 22 heavy (non-hydrogen) atoms. The number of carbonyl (C=O) groups is 1. The van der Waals surface area contributed by atoms with E-state index in [0.29, 0.717) is 24.5 Å². The van der Waals surface area contributed by atoms with Crippen molar-refractivity contribution in [3.8, 4) is 17.6 Å². The number of phenols is 1. The fourth-order valence-corrected chi connectivity index (χ4v) is 2.22. The van der Waals surface area contributed by atoms with Crippen molar-refractivity contribution in [1.82, 2.24) is 5.32 Å². The normalized spacial score (nSPS) is 17.8. The van der Waals surface area contributed by atoms with Crippen molar-refractivity contribution in [2.24, 2.45) is 0 Å². The lowest BCUT2D eigenvalue weighted by Gasteiger charge is -2.10. The van der Waals surface area contributed by atoms with Gasteiger partial charge in [-0.15, -0.1) is 0 Å². The lowest BCUT2D eigenvalue weighted by Crippen LogP contribution is -2.32. The van der Waals surface area contributed by atoms with Gasteiger partial charge in [0.1, 0.15) is 11.6 Å². The zero-order valence-corrected chi connectivity index (χ0v) is 12.3. The van der Waals surface area contributed by atoms with E-state index in [1.165, 1.54) is 19.3 Å². The lowest BCUT2D eigenvalue weighted by atomic mass is 10.1. The van der Waals surface area contributed by atoms with Crippen LogP contribution in [-0.4, -0.2) is 37.4 Å². The standard InChI is InChI=1S/C16H18N2O4/c1-21-15-5-4-11(8-14(15)19)7-12(9-17)16(20)18-10-13-3-2-6-22-13/h4-5,7-8,13,19H,2-3,6,10H2,1H3,(H,18,20). The van der Waals surface area contributed by atoms with Crippen molar-refractivity contribution in [3.05, 3.63) is 29.3 Å². The molecule has 1 heterocycles.